The quantitative estimate of drug-likeness (QED) is 0.509. The van der Waals surface area contributed by atoms with E-state index in [0.29, 0.717) is 11.6 Å². The third-order valence-corrected chi connectivity index (χ3v) is 3.03. The summed E-state index contributed by atoms with van der Waals surface area (Å²) in [7, 11) is 0. The molecule has 1 aromatic carbocycles. The van der Waals surface area contributed by atoms with Crippen LogP contribution in [0.3, 0.4) is 0 Å². The topological polar surface area (TPSA) is 78.4 Å². The number of carbonyl (C=O) groups excluding carboxylic acids is 1. The Morgan fingerprint density at radius 2 is 2.10 bits per heavy atom. The van der Waals surface area contributed by atoms with Crippen LogP contribution < -0.4 is 10.6 Å². The van der Waals surface area contributed by atoms with E-state index in [1.54, 1.807) is 0 Å². The minimum Gasteiger partial charge on any atom is -0.478 e. The number of rotatable bonds is 8. The van der Waals surface area contributed by atoms with Gasteiger partial charge in [0.05, 0.1) is 22.8 Å². The maximum absolute atomic E-state index is 11.7. The number of carboxylic acid groups (broad SMARTS) is 1. The molecule has 0 heterocycles. The maximum atomic E-state index is 11.7. The monoisotopic (exact) mass is 308 g/mol. The lowest BCUT2D eigenvalue weighted by Gasteiger charge is -2.09. The molecule has 3 N–H and O–H groups in total. The summed E-state index contributed by atoms with van der Waals surface area (Å²) >= 11 is 5.92. The molecule has 6 heteroatoms. The first-order valence-electron chi connectivity index (χ1n) is 6.51. The van der Waals surface area contributed by atoms with E-state index in [1.165, 1.54) is 18.2 Å². The van der Waals surface area contributed by atoms with Crippen molar-refractivity contribution in [3.05, 3.63) is 28.8 Å². The molecule has 0 saturated carbocycles. The number of terminal acetylenes is 1. The summed E-state index contributed by atoms with van der Waals surface area (Å²) in [6.07, 6.45) is 7.67. The lowest BCUT2D eigenvalue weighted by Crippen LogP contribution is -2.28. The van der Waals surface area contributed by atoms with Crippen molar-refractivity contribution in [3.63, 3.8) is 0 Å². The van der Waals surface area contributed by atoms with Gasteiger partial charge in [-0.1, -0.05) is 11.6 Å². The third kappa shape index (κ3) is 6.30. The zero-order chi connectivity index (χ0) is 15.7. The second-order valence-corrected chi connectivity index (χ2v) is 4.79. The summed E-state index contributed by atoms with van der Waals surface area (Å²) in [6.45, 7) is 0.821. The Morgan fingerprint density at radius 1 is 1.33 bits per heavy atom. The fourth-order valence-electron chi connectivity index (χ4n) is 1.63. The fourth-order valence-corrected chi connectivity index (χ4v) is 1.79. The van der Waals surface area contributed by atoms with Crippen LogP contribution in [0.25, 0.3) is 0 Å². The smallest absolute Gasteiger partial charge is 0.335 e. The number of amides is 1. The molecule has 112 valence electrons. The van der Waals surface area contributed by atoms with Crippen LogP contribution in [0.4, 0.5) is 5.69 Å². The van der Waals surface area contributed by atoms with Gasteiger partial charge >= 0.3 is 5.97 Å². The van der Waals surface area contributed by atoms with Gasteiger partial charge < -0.3 is 15.7 Å². The Kier molecular flexibility index (Phi) is 7.30. The molecule has 5 nitrogen and oxygen atoms in total. The highest BCUT2D eigenvalue weighted by Crippen LogP contribution is 2.22. The van der Waals surface area contributed by atoms with Gasteiger partial charge in [-0.3, -0.25) is 4.79 Å². The molecule has 0 aliphatic heterocycles. The minimum absolute atomic E-state index is 0.0666. The van der Waals surface area contributed by atoms with Crippen LogP contribution in [0.1, 0.15) is 29.6 Å². The van der Waals surface area contributed by atoms with Crippen LogP contribution in [0.15, 0.2) is 18.2 Å². The number of nitrogens with one attached hydrogen (secondary N) is 2. The number of unbranched alkanes of at least 4 members (excludes halogenated alkanes) is 2. The van der Waals surface area contributed by atoms with Crippen LogP contribution in [-0.4, -0.2) is 30.1 Å². The molecule has 0 bridgehead atoms. The first kappa shape index (κ1) is 17.0. The number of aromatic carboxylic acids is 1. The first-order valence-corrected chi connectivity index (χ1v) is 6.89. The van der Waals surface area contributed by atoms with E-state index in [0.717, 1.165) is 19.3 Å². The van der Waals surface area contributed by atoms with Crippen molar-refractivity contribution in [1.29, 1.82) is 0 Å². The summed E-state index contributed by atoms with van der Waals surface area (Å²) in [6, 6.07) is 4.15. The highest BCUT2D eigenvalue weighted by atomic mass is 35.5. The Morgan fingerprint density at radius 3 is 2.76 bits per heavy atom. The molecule has 21 heavy (non-hydrogen) atoms. The van der Waals surface area contributed by atoms with E-state index in [4.69, 9.17) is 23.1 Å². The van der Waals surface area contributed by atoms with Gasteiger partial charge in [0.25, 0.3) is 0 Å². The van der Waals surface area contributed by atoms with E-state index >= 15 is 0 Å². The average Bonchev–Trinajstić information content (AvgIpc) is 2.44. The molecule has 0 aliphatic carbocycles. The maximum Gasteiger partial charge on any atom is 0.335 e. The largest absolute Gasteiger partial charge is 0.478 e. The van der Waals surface area contributed by atoms with Gasteiger partial charge in [-0.25, -0.2) is 4.79 Å². The molecule has 0 saturated heterocycles. The number of benzene rings is 1. The van der Waals surface area contributed by atoms with Gasteiger partial charge in [0, 0.05) is 6.42 Å². The SMILES string of the molecule is C#CCCCCNCC(=O)Nc1cc(C(=O)O)ccc1Cl. The molecule has 0 aliphatic rings. The van der Waals surface area contributed by atoms with Crippen LogP contribution in [0.5, 0.6) is 0 Å². The summed E-state index contributed by atoms with van der Waals surface area (Å²) < 4.78 is 0. The molecule has 0 spiro atoms. The van der Waals surface area contributed by atoms with Crippen LogP contribution in [0.2, 0.25) is 5.02 Å². The van der Waals surface area contributed by atoms with Gasteiger partial charge in [0.2, 0.25) is 5.91 Å². The van der Waals surface area contributed by atoms with Gasteiger partial charge in [0.15, 0.2) is 0 Å². The van der Waals surface area contributed by atoms with Crippen molar-refractivity contribution in [2.45, 2.75) is 19.3 Å². The van der Waals surface area contributed by atoms with Gasteiger partial charge in [0.1, 0.15) is 0 Å². The molecule has 1 rings (SSSR count). The first-order chi connectivity index (χ1) is 10.0. The van der Waals surface area contributed by atoms with Crippen LogP contribution >= 0.6 is 11.6 Å². The van der Waals surface area contributed by atoms with E-state index in [2.05, 4.69) is 16.6 Å². The zero-order valence-electron chi connectivity index (χ0n) is 11.5. The molecule has 1 amide bonds. The fraction of sp³-hybridized carbons (Fsp3) is 0.333. The number of carboxylic acids is 1. The number of carbonyl (C=O) groups is 2. The van der Waals surface area contributed by atoms with Crippen LogP contribution in [0, 0.1) is 12.3 Å². The minimum atomic E-state index is -1.08. The summed E-state index contributed by atoms with van der Waals surface area (Å²) in [5, 5.41) is 14.7. The van der Waals surface area contributed by atoms with E-state index < -0.39 is 5.97 Å². The second kappa shape index (κ2) is 9.01. The van der Waals surface area contributed by atoms with Crippen molar-refractivity contribution in [1.82, 2.24) is 5.32 Å². The summed E-state index contributed by atoms with van der Waals surface area (Å²) in [4.78, 5) is 22.6. The van der Waals surface area contributed by atoms with Crippen molar-refractivity contribution < 1.29 is 14.7 Å². The summed E-state index contributed by atoms with van der Waals surface area (Å²) in [5.41, 5.74) is 0.354. The number of hydrogen-bond acceptors (Lipinski definition) is 3. The average molecular weight is 309 g/mol. The van der Waals surface area contributed by atoms with Crippen molar-refractivity contribution in [2.75, 3.05) is 18.4 Å². The van der Waals surface area contributed by atoms with Gasteiger partial charge in [-0.2, -0.15) is 0 Å². The highest BCUT2D eigenvalue weighted by molar-refractivity contribution is 6.33. The molecule has 0 aromatic heterocycles. The highest BCUT2D eigenvalue weighted by Gasteiger charge is 2.09. The molecule has 0 radical (unpaired) electrons. The molecule has 0 unspecified atom stereocenters. The van der Waals surface area contributed by atoms with Gasteiger partial charge in [-0.15, -0.1) is 12.3 Å². The van der Waals surface area contributed by atoms with Crippen molar-refractivity contribution in [3.8, 4) is 12.3 Å². The summed E-state index contributed by atoms with van der Waals surface area (Å²) in [5.74, 6) is 1.19. The zero-order valence-corrected chi connectivity index (χ0v) is 12.2. The Labute approximate surface area is 128 Å². The number of hydrogen-bond donors (Lipinski definition) is 3. The Balaban J connectivity index is 2.42. The third-order valence-electron chi connectivity index (χ3n) is 2.70. The number of halogens is 1. The van der Waals surface area contributed by atoms with Gasteiger partial charge in [-0.05, 0) is 37.6 Å². The van der Waals surface area contributed by atoms with E-state index in [1.807, 2.05) is 0 Å². The Bertz CT molecular complexity index is 552. The molecule has 0 atom stereocenters. The second-order valence-electron chi connectivity index (χ2n) is 4.39. The molecular formula is C15H17ClN2O3. The molecule has 1 aromatic rings. The van der Waals surface area contributed by atoms with Crippen molar-refractivity contribution >= 4 is 29.2 Å². The molecular weight excluding hydrogens is 292 g/mol. The predicted octanol–water partition coefficient (Wildman–Crippen LogP) is 2.37. The normalized spacial score (nSPS) is 9.90. The molecule has 0 fully saturated rings. The predicted molar refractivity (Wildman–Crippen MR) is 82.6 cm³/mol. The lowest BCUT2D eigenvalue weighted by molar-refractivity contribution is -0.115. The van der Waals surface area contributed by atoms with Crippen LogP contribution in [-0.2, 0) is 4.79 Å². The van der Waals surface area contributed by atoms with Crippen molar-refractivity contribution in [2.24, 2.45) is 0 Å². The van der Waals surface area contributed by atoms with E-state index in [9.17, 15) is 9.59 Å². The Hall–Kier alpha value is -2.03. The lowest BCUT2D eigenvalue weighted by atomic mass is 10.2. The van der Waals surface area contributed by atoms with E-state index in [-0.39, 0.29) is 23.7 Å². The number of anilines is 1. The standard InChI is InChI=1S/C15H17ClN2O3/c1-2-3-4-5-8-17-10-14(19)18-13-9-11(15(20)21)6-7-12(13)16/h1,6-7,9,17H,3-5,8,10H2,(H,18,19)(H,20,21).